The molecule has 0 radical (unpaired) electrons. The predicted molar refractivity (Wildman–Crippen MR) is 106 cm³/mol. The van der Waals surface area contributed by atoms with Crippen molar-refractivity contribution in [2.75, 3.05) is 13.1 Å². The average Bonchev–Trinajstić information content (AvgIpc) is 2.55. The number of piperidine rings is 1. The molecule has 0 bridgehead atoms. The highest BCUT2D eigenvalue weighted by atomic mass is 35.5. The maximum Gasteiger partial charge on any atom is 0.0575 e. The standard InChI is InChI=1S/C19H31N3.2ClH/c1-3-17(18-14-15(2)6-11-21-18)22-16-4-7-19(8-5-16)9-12-20-13-10-19;;/h6,11,14,16-17,20,22H,3-5,7-10,12-13H2,1-2H3;2*1H. The number of aromatic nitrogens is 1. The molecule has 2 heterocycles. The van der Waals surface area contributed by atoms with Crippen molar-refractivity contribution in [3.8, 4) is 0 Å². The van der Waals surface area contributed by atoms with Crippen LogP contribution >= 0.6 is 24.8 Å². The third kappa shape index (κ3) is 5.32. The Kier molecular flexibility index (Phi) is 9.00. The summed E-state index contributed by atoms with van der Waals surface area (Å²) in [7, 11) is 0. The minimum absolute atomic E-state index is 0. The predicted octanol–water partition coefficient (Wildman–Crippen LogP) is 4.59. The lowest BCUT2D eigenvalue weighted by Crippen LogP contribution is -2.43. The Labute approximate surface area is 159 Å². The first-order valence-electron chi connectivity index (χ1n) is 9.10. The van der Waals surface area contributed by atoms with Crippen LogP contribution in [0.3, 0.4) is 0 Å². The van der Waals surface area contributed by atoms with Crippen LogP contribution in [0.4, 0.5) is 0 Å². The Morgan fingerprint density at radius 2 is 1.88 bits per heavy atom. The topological polar surface area (TPSA) is 37.0 Å². The molecular formula is C19H33Cl2N3. The Bertz CT molecular complexity index is 479. The lowest BCUT2D eigenvalue weighted by atomic mass is 9.67. The minimum Gasteiger partial charge on any atom is -0.317 e. The molecule has 1 saturated carbocycles. The number of hydrogen-bond donors (Lipinski definition) is 2. The van der Waals surface area contributed by atoms with Gasteiger partial charge in [0.15, 0.2) is 0 Å². The van der Waals surface area contributed by atoms with Crippen LogP contribution in [0.2, 0.25) is 0 Å². The van der Waals surface area contributed by atoms with Crippen molar-refractivity contribution < 1.29 is 0 Å². The molecule has 3 rings (SSSR count). The zero-order valence-corrected chi connectivity index (χ0v) is 16.6. The van der Waals surface area contributed by atoms with Gasteiger partial charge in [-0.15, -0.1) is 24.8 Å². The van der Waals surface area contributed by atoms with Crippen LogP contribution < -0.4 is 10.6 Å². The summed E-state index contributed by atoms with van der Waals surface area (Å²) >= 11 is 0. The summed E-state index contributed by atoms with van der Waals surface area (Å²) in [5.41, 5.74) is 3.18. The van der Waals surface area contributed by atoms with Gasteiger partial charge in [-0.3, -0.25) is 4.98 Å². The fourth-order valence-electron chi connectivity index (χ4n) is 4.30. The number of rotatable bonds is 4. The number of hydrogen-bond acceptors (Lipinski definition) is 3. The second kappa shape index (κ2) is 9.96. The summed E-state index contributed by atoms with van der Waals surface area (Å²) in [6.45, 7) is 6.87. The van der Waals surface area contributed by atoms with Gasteiger partial charge in [-0.1, -0.05) is 6.92 Å². The molecule has 24 heavy (non-hydrogen) atoms. The molecule has 138 valence electrons. The first-order chi connectivity index (χ1) is 10.7. The Hall–Kier alpha value is -0.350. The van der Waals surface area contributed by atoms with E-state index >= 15 is 0 Å². The normalized spacial score (nSPS) is 21.6. The van der Waals surface area contributed by atoms with Crippen LogP contribution in [-0.2, 0) is 0 Å². The van der Waals surface area contributed by atoms with Crippen molar-refractivity contribution in [3.05, 3.63) is 29.6 Å². The van der Waals surface area contributed by atoms with Gasteiger partial charge in [0.1, 0.15) is 0 Å². The van der Waals surface area contributed by atoms with Crippen molar-refractivity contribution in [2.45, 2.75) is 70.9 Å². The maximum absolute atomic E-state index is 4.59. The summed E-state index contributed by atoms with van der Waals surface area (Å²) in [6, 6.07) is 5.40. The van der Waals surface area contributed by atoms with Crippen LogP contribution in [0.15, 0.2) is 18.3 Å². The minimum atomic E-state index is 0. The number of halogens is 2. The number of pyridine rings is 1. The highest BCUT2D eigenvalue weighted by Crippen LogP contribution is 2.43. The largest absolute Gasteiger partial charge is 0.317 e. The Balaban J connectivity index is 0.00000144. The average molecular weight is 374 g/mol. The van der Waals surface area contributed by atoms with E-state index in [-0.39, 0.29) is 24.8 Å². The Morgan fingerprint density at radius 3 is 2.46 bits per heavy atom. The molecule has 1 aromatic rings. The zero-order valence-electron chi connectivity index (χ0n) is 15.0. The molecule has 1 aliphatic heterocycles. The fourth-order valence-corrected chi connectivity index (χ4v) is 4.30. The summed E-state index contributed by atoms with van der Waals surface area (Å²) < 4.78 is 0. The van der Waals surface area contributed by atoms with Crippen LogP contribution in [0.5, 0.6) is 0 Å². The van der Waals surface area contributed by atoms with Crippen LogP contribution in [0.25, 0.3) is 0 Å². The summed E-state index contributed by atoms with van der Waals surface area (Å²) in [6.07, 6.45) is 11.3. The third-order valence-electron chi connectivity index (χ3n) is 5.85. The van der Waals surface area contributed by atoms with Crippen molar-refractivity contribution in [3.63, 3.8) is 0 Å². The zero-order chi connectivity index (χ0) is 15.4. The summed E-state index contributed by atoms with van der Waals surface area (Å²) in [5, 5.41) is 7.40. The molecule has 0 amide bonds. The van der Waals surface area contributed by atoms with Crippen LogP contribution in [0, 0.1) is 12.3 Å². The molecule has 1 saturated heterocycles. The molecule has 2 fully saturated rings. The molecule has 1 spiro atoms. The third-order valence-corrected chi connectivity index (χ3v) is 5.85. The lowest BCUT2D eigenvalue weighted by molar-refractivity contribution is 0.112. The van der Waals surface area contributed by atoms with Gasteiger partial charge in [0.25, 0.3) is 0 Å². The van der Waals surface area contributed by atoms with E-state index in [0.29, 0.717) is 17.5 Å². The first kappa shape index (κ1) is 21.7. The number of nitrogens with one attached hydrogen (secondary N) is 2. The van der Waals surface area contributed by atoms with Crippen LogP contribution in [-0.4, -0.2) is 24.1 Å². The van der Waals surface area contributed by atoms with Gasteiger partial charge in [0, 0.05) is 18.3 Å². The van der Waals surface area contributed by atoms with Crippen LogP contribution in [0.1, 0.15) is 69.2 Å². The van der Waals surface area contributed by atoms with Gasteiger partial charge in [0.2, 0.25) is 0 Å². The fraction of sp³-hybridized carbons (Fsp3) is 0.737. The number of aryl methyl sites for hydroxylation is 1. The molecule has 1 atom stereocenters. The van der Waals surface area contributed by atoms with E-state index in [0.717, 1.165) is 6.42 Å². The van der Waals surface area contributed by atoms with Gasteiger partial charge in [0.05, 0.1) is 5.69 Å². The van der Waals surface area contributed by atoms with Crippen molar-refractivity contribution in [1.82, 2.24) is 15.6 Å². The van der Waals surface area contributed by atoms with E-state index < -0.39 is 0 Å². The lowest BCUT2D eigenvalue weighted by Gasteiger charge is -2.44. The van der Waals surface area contributed by atoms with Gasteiger partial charge in [-0.05, 0) is 88.1 Å². The quantitative estimate of drug-likeness (QED) is 0.810. The molecule has 2 aliphatic rings. The van der Waals surface area contributed by atoms with Gasteiger partial charge in [-0.2, -0.15) is 0 Å². The first-order valence-corrected chi connectivity index (χ1v) is 9.10. The monoisotopic (exact) mass is 373 g/mol. The second-order valence-electron chi connectivity index (χ2n) is 7.41. The molecule has 3 nitrogen and oxygen atoms in total. The van der Waals surface area contributed by atoms with E-state index in [4.69, 9.17) is 0 Å². The summed E-state index contributed by atoms with van der Waals surface area (Å²) in [5.74, 6) is 0. The van der Waals surface area contributed by atoms with Crippen molar-refractivity contribution in [2.24, 2.45) is 5.41 Å². The molecule has 1 aliphatic carbocycles. The smallest absolute Gasteiger partial charge is 0.0575 e. The van der Waals surface area contributed by atoms with E-state index in [1.165, 1.54) is 62.9 Å². The maximum atomic E-state index is 4.59. The molecule has 5 heteroatoms. The highest BCUT2D eigenvalue weighted by Gasteiger charge is 2.36. The van der Waals surface area contributed by atoms with E-state index in [9.17, 15) is 0 Å². The SMILES string of the molecule is CCC(NC1CCC2(CCNCC2)CC1)c1cc(C)ccn1.Cl.Cl. The number of nitrogens with zero attached hydrogens (tertiary/aromatic N) is 1. The molecule has 2 N–H and O–H groups in total. The second-order valence-corrected chi connectivity index (χ2v) is 7.41. The Morgan fingerprint density at radius 1 is 1.21 bits per heavy atom. The van der Waals surface area contributed by atoms with E-state index in [1.807, 2.05) is 6.20 Å². The molecular weight excluding hydrogens is 341 g/mol. The van der Waals surface area contributed by atoms with Crippen molar-refractivity contribution in [1.29, 1.82) is 0 Å². The molecule has 1 aromatic heterocycles. The van der Waals surface area contributed by atoms with E-state index in [1.54, 1.807) is 0 Å². The van der Waals surface area contributed by atoms with E-state index in [2.05, 4.69) is 41.6 Å². The highest BCUT2D eigenvalue weighted by molar-refractivity contribution is 5.85. The summed E-state index contributed by atoms with van der Waals surface area (Å²) in [4.78, 5) is 4.59. The van der Waals surface area contributed by atoms with Gasteiger partial charge < -0.3 is 10.6 Å². The molecule has 0 aromatic carbocycles. The van der Waals surface area contributed by atoms with Crippen molar-refractivity contribution >= 4 is 24.8 Å². The van der Waals surface area contributed by atoms with Gasteiger partial charge >= 0.3 is 0 Å². The van der Waals surface area contributed by atoms with Gasteiger partial charge in [-0.25, -0.2) is 0 Å². The molecule has 1 unspecified atom stereocenters.